The molecule has 2 aromatic rings. The van der Waals surface area contributed by atoms with Crippen LogP contribution in [0, 0.1) is 0 Å². The predicted molar refractivity (Wildman–Crippen MR) is 93.8 cm³/mol. The van der Waals surface area contributed by atoms with Crippen molar-refractivity contribution in [2.24, 2.45) is 0 Å². The van der Waals surface area contributed by atoms with Crippen molar-refractivity contribution in [1.82, 2.24) is 5.32 Å². The number of hydrogen-bond donors (Lipinski definition) is 1. The van der Waals surface area contributed by atoms with E-state index in [1.54, 1.807) is 6.08 Å². The zero-order valence-corrected chi connectivity index (χ0v) is 14.0. The molecule has 0 aliphatic rings. The number of hydrogen-bond acceptors (Lipinski definition) is 4. The van der Waals surface area contributed by atoms with E-state index in [2.05, 4.69) is 11.9 Å². The highest BCUT2D eigenvalue weighted by molar-refractivity contribution is 8.00. The highest BCUT2D eigenvalue weighted by Crippen LogP contribution is 2.33. The number of rotatable bonds is 7. The molecule has 0 heterocycles. The molecule has 0 fully saturated rings. The molecule has 0 aliphatic carbocycles. The molecule has 1 N–H and O–H groups in total. The van der Waals surface area contributed by atoms with Gasteiger partial charge in [0.25, 0.3) is 5.91 Å². The second-order valence-electron chi connectivity index (χ2n) is 4.64. The third kappa shape index (κ3) is 5.01. The summed E-state index contributed by atoms with van der Waals surface area (Å²) in [5.41, 5.74) is 0. The van der Waals surface area contributed by atoms with Gasteiger partial charge in [0.1, 0.15) is 0 Å². The molecular formula is C17H16ClNO3S. The van der Waals surface area contributed by atoms with Crippen LogP contribution in [0.3, 0.4) is 0 Å². The van der Waals surface area contributed by atoms with Crippen LogP contribution in [-0.4, -0.2) is 30.8 Å². The number of carbonyl (C=O) groups excluding carboxylic acids is 2. The van der Waals surface area contributed by atoms with E-state index in [1.165, 1.54) is 11.8 Å². The van der Waals surface area contributed by atoms with Crippen LogP contribution in [0.25, 0.3) is 10.8 Å². The molecule has 23 heavy (non-hydrogen) atoms. The van der Waals surface area contributed by atoms with Gasteiger partial charge in [-0.3, -0.25) is 9.59 Å². The van der Waals surface area contributed by atoms with E-state index in [1.807, 2.05) is 36.4 Å². The molecule has 0 saturated carbocycles. The molecule has 2 rings (SSSR count). The quantitative estimate of drug-likeness (QED) is 0.472. The first-order chi connectivity index (χ1) is 11.1. The molecule has 1 amide bonds. The Morgan fingerprint density at radius 2 is 2.00 bits per heavy atom. The van der Waals surface area contributed by atoms with E-state index in [0.29, 0.717) is 11.6 Å². The number of thioether (sulfide) groups is 1. The molecule has 0 spiro atoms. The fraction of sp³-hybridized carbons (Fsp3) is 0.176. The Bertz CT molecular complexity index is 728. The van der Waals surface area contributed by atoms with Crippen molar-refractivity contribution in [3.05, 3.63) is 54.1 Å². The number of ether oxygens (including phenoxy) is 1. The summed E-state index contributed by atoms with van der Waals surface area (Å²) in [6.07, 6.45) is 1.56. The summed E-state index contributed by atoms with van der Waals surface area (Å²) >= 11 is 7.57. The lowest BCUT2D eigenvalue weighted by Crippen LogP contribution is -2.29. The lowest BCUT2D eigenvalue weighted by atomic mass is 10.1. The molecule has 0 aromatic heterocycles. The fourth-order valence-electron chi connectivity index (χ4n) is 1.94. The molecule has 0 bridgehead atoms. The molecule has 6 heteroatoms. The Morgan fingerprint density at radius 3 is 2.74 bits per heavy atom. The van der Waals surface area contributed by atoms with Gasteiger partial charge < -0.3 is 10.1 Å². The highest BCUT2D eigenvalue weighted by Gasteiger charge is 2.10. The number of halogens is 1. The zero-order valence-electron chi connectivity index (χ0n) is 12.4. The van der Waals surface area contributed by atoms with Gasteiger partial charge in [-0.2, -0.15) is 0 Å². The van der Waals surface area contributed by atoms with Gasteiger partial charge in [0, 0.05) is 21.8 Å². The largest absolute Gasteiger partial charge is 0.455 e. The number of esters is 1. The predicted octanol–water partition coefficient (Wildman–Crippen LogP) is 3.43. The van der Waals surface area contributed by atoms with Crippen LogP contribution in [-0.2, 0) is 14.3 Å². The second-order valence-corrected chi connectivity index (χ2v) is 6.06. The normalized spacial score (nSPS) is 10.3. The number of nitrogens with one attached hydrogen (secondary N) is 1. The first kappa shape index (κ1) is 17.4. The lowest BCUT2D eigenvalue weighted by Gasteiger charge is -2.08. The Hall–Kier alpha value is -1.98. The summed E-state index contributed by atoms with van der Waals surface area (Å²) in [6.45, 7) is 3.54. The van der Waals surface area contributed by atoms with E-state index in [4.69, 9.17) is 16.3 Å². The molecule has 0 radical (unpaired) electrons. The van der Waals surface area contributed by atoms with Gasteiger partial charge in [0.15, 0.2) is 6.61 Å². The lowest BCUT2D eigenvalue weighted by molar-refractivity contribution is -0.145. The minimum Gasteiger partial charge on any atom is -0.455 e. The van der Waals surface area contributed by atoms with Gasteiger partial charge in [0.2, 0.25) is 0 Å². The molecule has 0 atom stereocenters. The van der Waals surface area contributed by atoms with E-state index >= 15 is 0 Å². The summed E-state index contributed by atoms with van der Waals surface area (Å²) in [4.78, 5) is 24.0. The summed E-state index contributed by atoms with van der Waals surface area (Å²) in [5, 5.41) is 5.10. The van der Waals surface area contributed by atoms with Crippen molar-refractivity contribution in [3.63, 3.8) is 0 Å². The van der Waals surface area contributed by atoms with Gasteiger partial charge in [-0.05, 0) is 17.5 Å². The number of amides is 1. The summed E-state index contributed by atoms with van der Waals surface area (Å²) < 4.78 is 4.93. The van der Waals surface area contributed by atoms with Gasteiger partial charge in [-0.1, -0.05) is 41.9 Å². The van der Waals surface area contributed by atoms with Crippen LogP contribution in [0.5, 0.6) is 0 Å². The molecule has 120 valence electrons. The van der Waals surface area contributed by atoms with Gasteiger partial charge in [-0.15, -0.1) is 18.3 Å². The van der Waals surface area contributed by atoms with E-state index in [-0.39, 0.29) is 18.3 Å². The molecule has 4 nitrogen and oxygen atoms in total. The number of benzene rings is 2. The summed E-state index contributed by atoms with van der Waals surface area (Å²) in [6, 6.07) is 11.4. The highest BCUT2D eigenvalue weighted by atomic mass is 35.5. The minimum atomic E-state index is -0.451. The molecule has 0 aliphatic heterocycles. The van der Waals surface area contributed by atoms with Crippen molar-refractivity contribution in [2.45, 2.75) is 4.90 Å². The van der Waals surface area contributed by atoms with E-state index < -0.39 is 5.97 Å². The SMILES string of the molecule is C=CCNC(=O)COC(=O)CSc1cccc2cccc(Cl)c12. The van der Waals surface area contributed by atoms with Gasteiger partial charge >= 0.3 is 5.97 Å². The van der Waals surface area contributed by atoms with E-state index in [0.717, 1.165) is 15.7 Å². The standard InChI is InChI=1S/C17H16ClNO3S/c1-2-9-19-15(20)10-22-16(21)11-23-14-8-4-6-12-5-3-7-13(18)17(12)14/h2-8H,1,9-11H2,(H,19,20). The average Bonchev–Trinajstić information content (AvgIpc) is 2.56. The van der Waals surface area contributed by atoms with Crippen LogP contribution in [0.2, 0.25) is 5.02 Å². The van der Waals surface area contributed by atoms with Crippen LogP contribution in [0.1, 0.15) is 0 Å². The van der Waals surface area contributed by atoms with Crippen LogP contribution in [0.4, 0.5) is 0 Å². The first-order valence-electron chi connectivity index (χ1n) is 6.95. The molecule has 2 aromatic carbocycles. The van der Waals surface area contributed by atoms with Gasteiger partial charge in [0.05, 0.1) is 5.75 Å². The maximum Gasteiger partial charge on any atom is 0.316 e. The first-order valence-corrected chi connectivity index (χ1v) is 8.31. The second kappa shape index (κ2) is 8.60. The third-order valence-corrected chi connectivity index (χ3v) is 4.32. The summed E-state index contributed by atoms with van der Waals surface area (Å²) in [7, 11) is 0. The van der Waals surface area contributed by atoms with Crippen molar-refractivity contribution in [2.75, 3.05) is 18.9 Å². The average molecular weight is 350 g/mol. The Balaban J connectivity index is 1.92. The maximum absolute atomic E-state index is 11.7. The van der Waals surface area contributed by atoms with Crippen LogP contribution >= 0.6 is 23.4 Å². The van der Waals surface area contributed by atoms with Crippen molar-refractivity contribution in [1.29, 1.82) is 0 Å². The Labute approximate surface area is 143 Å². The molecule has 0 unspecified atom stereocenters. The number of carbonyl (C=O) groups is 2. The number of fused-ring (bicyclic) bond motifs is 1. The Morgan fingerprint density at radius 1 is 1.26 bits per heavy atom. The Kier molecular flexibility index (Phi) is 6.50. The van der Waals surface area contributed by atoms with Crippen LogP contribution in [0.15, 0.2) is 53.9 Å². The molecule has 0 saturated heterocycles. The third-order valence-electron chi connectivity index (χ3n) is 2.97. The van der Waals surface area contributed by atoms with Crippen molar-refractivity contribution in [3.8, 4) is 0 Å². The topological polar surface area (TPSA) is 55.4 Å². The smallest absolute Gasteiger partial charge is 0.316 e. The molecular weight excluding hydrogens is 334 g/mol. The summed E-state index contributed by atoms with van der Waals surface area (Å²) in [5.74, 6) is -0.691. The van der Waals surface area contributed by atoms with E-state index in [9.17, 15) is 9.59 Å². The minimum absolute atomic E-state index is 0.110. The van der Waals surface area contributed by atoms with Crippen molar-refractivity contribution < 1.29 is 14.3 Å². The maximum atomic E-state index is 11.7. The zero-order chi connectivity index (χ0) is 16.7. The van der Waals surface area contributed by atoms with Gasteiger partial charge in [-0.25, -0.2) is 0 Å². The monoisotopic (exact) mass is 349 g/mol. The van der Waals surface area contributed by atoms with Crippen molar-refractivity contribution >= 4 is 46.0 Å². The van der Waals surface area contributed by atoms with Crippen LogP contribution < -0.4 is 5.32 Å². The fourth-order valence-corrected chi connectivity index (χ4v) is 3.19.